The summed E-state index contributed by atoms with van der Waals surface area (Å²) in [5, 5.41) is 6.94. The van der Waals surface area contributed by atoms with Gasteiger partial charge in [0.15, 0.2) is 0 Å². The maximum absolute atomic E-state index is 13.6. The van der Waals surface area contributed by atoms with Gasteiger partial charge in [-0.05, 0) is 37.0 Å². The normalized spacial score (nSPS) is 16.2. The number of hydrogen-bond acceptors (Lipinski definition) is 3. The van der Waals surface area contributed by atoms with Crippen LogP contribution in [0.3, 0.4) is 0 Å². The van der Waals surface area contributed by atoms with Gasteiger partial charge in [-0.2, -0.15) is 5.10 Å². The van der Waals surface area contributed by atoms with Crippen molar-refractivity contribution in [2.24, 2.45) is 11.1 Å². The predicted molar refractivity (Wildman–Crippen MR) is 95.7 cm³/mol. The van der Waals surface area contributed by atoms with Crippen molar-refractivity contribution in [2.75, 3.05) is 5.32 Å². The molecule has 1 saturated carbocycles. The topological polar surface area (TPSA) is 90.0 Å². The van der Waals surface area contributed by atoms with Crippen molar-refractivity contribution >= 4 is 17.5 Å². The molecule has 3 rings (SSSR count). The fraction of sp³-hybridized carbons (Fsp3) is 0.421. The lowest BCUT2D eigenvalue weighted by molar-refractivity contribution is -0.127. The number of benzene rings is 1. The van der Waals surface area contributed by atoms with E-state index >= 15 is 0 Å². The van der Waals surface area contributed by atoms with E-state index in [1.807, 2.05) is 6.07 Å². The molecule has 26 heavy (non-hydrogen) atoms. The largest absolute Gasteiger partial charge is 0.368 e. The van der Waals surface area contributed by atoms with Crippen molar-refractivity contribution < 1.29 is 14.0 Å². The second-order valence-electron chi connectivity index (χ2n) is 6.99. The lowest BCUT2D eigenvalue weighted by Crippen LogP contribution is -2.40. The molecule has 0 saturated heterocycles. The highest BCUT2D eigenvalue weighted by molar-refractivity contribution is 5.95. The van der Waals surface area contributed by atoms with Crippen LogP contribution in [0.4, 0.5) is 10.1 Å². The van der Waals surface area contributed by atoms with Gasteiger partial charge in [-0.3, -0.25) is 14.3 Å². The van der Waals surface area contributed by atoms with Crippen molar-refractivity contribution in [3.05, 3.63) is 48.0 Å². The van der Waals surface area contributed by atoms with Gasteiger partial charge >= 0.3 is 0 Å². The fourth-order valence-electron chi connectivity index (χ4n) is 3.69. The molecule has 0 radical (unpaired) electrons. The molecule has 1 heterocycles. The molecule has 1 aromatic carbocycles. The van der Waals surface area contributed by atoms with E-state index in [0.29, 0.717) is 12.1 Å². The van der Waals surface area contributed by atoms with Crippen LogP contribution in [0.15, 0.2) is 36.7 Å². The van der Waals surface area contributed by atoms with Crippen LogP contribution in [0.25, 0.3) is 0 Å². The number of anilines is 1. The first kappa shape index (κ1) is 18.1. The molecule has 0 unspecified atom stereocenters. The second kappa shape index (κ2) is 7.68. The minimum atomic E-state index is -0.558. The molecule has 2 amide bonds. The van der Waals surface area contributed by atoms with Crippen LogP contribution in [0.5, 0.6) is 0 Å². The number of hydrogen-bond donors (Lipinski definition) is 2. The second-order valence-corrected chi connectivity index (χ2v) is 6.99. The van der Waals surface area contributed by atoms with Crippen LogP contribution < -0.4 is 11.1 Å². The standard InChI is InChI=1S/C19H23FN4O2/c20-15-6-4-5-14(9-15)10-19(7-2-1-3-8-19)18(26)23-16-11-22-24(12-16)13-17(21)25/h4-6,9,11-12H,1-3,7-8,10,13H2,(H2,21,25)(H,23,26). The first-order valence-electron chi connectivity index (χ1n) is 8.84. The highest BCUT2D eigenvalue weighted by Crippen LogP contribution is 2.40. The Bertz CT molecular complexity index is 796. The van der Waals surface area contributed by atoms with E-state index in [1.165, 1.54) is 23.0 Å². The van der Waals surface area contributed by atoms with Crippen LogP contribution in [0.1, 0.15) is 37.7 Å². The van der Waals surface area contributed by atoms with Gasteiger partial charge in [0.05, 0.1) is 17.3 Å². The number of carbonyl (C=O) groups is 2. The van der Waals surface area contributed by atoms with E-state index in [4.69, 9.17) is 5.73 Å². The summed E-state index contributed by atoms with van der Waals surface area (Å²) in [4.78, 5) is 24.0. The quantitative estimate of drug-likeness (QED) is 0.832. The first-order valence-corrected chi connectivity index (χ1v) is 8.84. The minimum absolute atomic E-state index is 0.0374. The van der Waals surface area contributed by atoms with Crippen molar-refractivity contribution in [1.82, 2.24) is 9.78 Å². The molecule has 0 atom stereocenters. The Morgan fingerprint density at radius 2 is 2.04 bits per heavy atom. The summed E-state index contributed by atoms with van der Waals surface area (Å²) in [6, 6.07) is 6.43. The van der Waals surface area contributed by atoms with Gasteiger partial charge in [-0.1, -0.05) is 31.4 Å². The SMILES string of the molecule is NC(=O)Cn1cc(NC(=O)C2(Cc3cccc(F)c3)CCCCC2)cn1. The monoisotopic (exact) mass is 358 g/mol. The summed E-state index contributed by atoms with van der Waals surface area (Å²) in [5.74, 6) is -0.873. The third-order valence-electron chi connectivity index (χ3n) is 4.93. The van der Waals surface area contributed by atoms with Gasteiger partial charge in [-0.25, -0.2) is 4.39 Å². The molecular formula is C19H23FN4O2. The van der Waals surface area contributed by atoms with E-state index in [0.717, 1.165) is 37.7 Å². The van der Waals surface area contributed by atoms with Crippen LogP contribution in [0.2, 0.25) is 0 Å². The average molecular weight is 358 g/mol. The van der Waals surface area contributed by atoms with E-state index in [2.05, 4.69) is 10.4 Å². The number of halogens is 1. The minimum Gasteiger partial charge on any atom is -0.368 e. The van der Waals surface area contributed by atoms with Crippen LogP contribution in [-0.4, -0.2) is 21.6 Å². The van der Waals surface area contributed by atoms with Gasteiger partial charge in [0.1, 0.15) is 12.4 Å². The molecular weight excluding hydrogens is 335 g/mol. The van der Waals surface area contributed by atoms with Gasteiger partial charge in [-0.15, -0.1) is 0 Å². The summed E-state index contributed by atoms with van der Waals surface area (Å²) in [7, 11) is 0. The summed E-state index contributed by atoms with van der Waals surface area (Å²) >= 11 is 0. The Morgan fingerprint density at radius 1 is 1.27 bits per heavy atom. The third kappa shape index (κ3) is 4.28. The number of amides is 2. The number of primary amides is 1. The molecule has 0 aliphatic heterocycles. The van der Waals surface area contributed by atoms with Crippen molar-refractivity contribution in [1.29, 1.82) is 0 Å². The molecule has 0 spiro atoms. The molecule has 1 aliphatic rings. The van der Waals surface area contributed by atoms with Gasteiger partial charge in [0.25, 0.3) is 0 Å². The Kier molecular flexibility index (Phi) is 5.35. The molecule has 3 N–H and O–H groups in total. The summed E-state index contributed by atoms with van der Waals surface area (Å²) in [6.07, 6.45) is 8.19. The lowest BCUT2D eigenvalue weighted by atomic mass is 9.69. The molecule has 0 bridgehead atoms. The molecule has 7 heteroatoms. The maximum atomic E-state index is 13.6. The molecule has 2 aromatic rings. The molecule has 1 fully saturated rings. The lowest BCUT2D eigenvalue weighted by Gasteiger charge is -2.36. The van der Waals surface area contributed by atoms with E-state index in [1.54, 1.807) is 12.3 Å². The van der Waals surface area contributed by atoms with Crippen molar-refractivity contribution in [3.63, 3.8) is 0 Å². The summed E-state index contributed by atoms with van der Waals surface area (Å²) in [6.45, 7) is -0.0374. The van der Waals surface area contributed by atoms with Crippen molar-refractivity contribution in [2.45, 2.75) is 45.1 Å². The van der Waals surface area contributed by atoms with Crippen LogP contribution in [-0.2, 0) is 22.6 Å². The fourth-order valence-corrected chi connectivity index (χ4v) is 3.69. The number of rotatable bonds is 6. The molecule has 1 aliphatic carbocycles. The number of nitrogens with two attached hydrogens (primary N) is 1. The summed E-state index contributed by atoms with van der Waals surface area (Å²) < 4.78 is 14.9. The highest BCUT2D eigenvalue weighted by atomic mass is 19.1. The number of nitrogens with zero attached hydrogens (tertiary/aromatic N) is 2. The van der Waals surface area contributed by atoms with Gasteiger partial charge in [0, 0.05) is 6.20 Å². The third-order valence-corrected chi connectivity index (χ3v) is 4.93. The number of aromatic nitrogens is 2. The van der Waals surface area contributed by atoms with Gasteiger partial charge in [0.2, 0.25) is 11.8 Å². The van der Waals surface area contributed by atoms with Crippen LogP contribution >= 0.6 is 0 Å². The summed E-state index contributed by atoms with van der Waals surface area (Å²) in [5.41, 5.74) is 5.95. The maximum Gasteiger partial charge on any atom is 0.239 e. The van der Waals surface area contributed by atoms with Crippen molar-refractivity contribution in [3.8, 4) is 0 Å². The molecule has 138 valence electrons. The molecule has 1 aromatic heterocycles. The average Bonchev–Trinajstić information content (AvgIpc) is 3.02. The Morgan fingerprint density at radius 3 is 2.73 bits per heavy atom. The Hall–Kier alpha value is -2.70. The molecule has 6 nitrogen and oxygen atoms in total. The van der Waals surface area contributed by atoms with E-state index < -0.39 is 11.3 Å². The predicted octanol–water partition coefficient (Wildman–Crippen LogP) is 2.64. The van der Waals surface area contributed by atoms with E-state index in [-0.39, 0.29) is 18.3 Å². The zero-order valence-corrected chi connectivity index (χ0v) is 14.6. The smallest absolute Gasteiger partial charge is 0.239 e. The zero-order chi connectivity index (χ0) is 18.6. The van der Waals surface area contributed by atoms with Gasteiger partial charge < -0.3 is 11.1 Å². The van der Waals surface area contributed by atoms with E-state index in [9.17, 15) is 14.0 Å². The highest BCUT2D eigenvalue weighted by Gasteiger charge is 2.39. The van der Waals surface area contributed by atoms with Crippen LogP contribution in [0, 0.1) is 11.2 Å². The first-order chi connectivity index (χ1) is 12.5. The Labute approximate surface area is 151 Å². The number of nitrogens with one attached hydrogen (secondary N) is 1. The number of carbonyl (C=O) groups excluding carboxylic acids is 2. The zero-order valence-electron chi connectivity index (χ0n) is 14.6. The Balaban J connectivity index is 1.77.